The number of hydrogen-bond donors (Lipinski definition) is 1. The van der Waals surface area contributed by atoms with Crippen molar-refractivity contribution in [1.82, 2.24) is 4.98 Å². The van der Waals surface area contributed by atoms with Gasteiger partial charge >= 0.3 is 5.97 Å². The van der Waals surface area contributed by atoms with Crippen LogP contribution in [0.5, 0.6) is 0 Å². The van der Waals surface area contributed by atoms with Gasteiger partial charge in [-0.15, -0.1) is 0 Å². The maximum Gasteiger partial charge on any atom is 0.336 e. The maximum atomic E-state index is 10.5. The summed E-state index contributed by atoms with van der Waals surface area (Å²) >= 11 is 2.01. The number of halogens is 1. The Balaban J connectivity index is 3.27. The molecule has 0 aliphatic heterocycles. The van der Waals surface area contributed by atoms with E-state index in [0.29, 0.717) is 5.56 Å². The zero-order valence-corrected chi connectivity index (χ0v) is 7.99. The van der Waals surface area contributed by atoms with Gasteiger partial charge in [0.1, 0.15) is 3.70 Å². The van der Waals surface area contributed by atoms with Crippen LogP contribution in [-0.2, 0) is 0 Å². The minimum atomic E-state index is -0.900. The number of carboxylic acid groups (broad SMARTS) is 1. The Morgan fingerprint density at radius 3 is 2.82 bits per heavy atom. The second-order valence-electron chi connectivity index (χ2n) is 2.08. The summed E-state index contributed by atoms with van der Waals surface area (Å²) in [5.74, 6) is -0.900. The van der Waals surface area contributed by atoms with Crippen LogP contribution >= 0.6 is 22.6 Å². The van der Waals surface area contributed by atoms with Crippen LogP contribution in [0.25, 0.3) is 0 Å². The van der Waals surface area contributed by atoms with Gasteiger partial charge in [-0.25, -0.2) is 4.79 Å². The first-order valence-corrected chi connectivity index (χ1v) is 4.05. The zero-order valence-electron chi connectivity index (χ0n) is 5.84. The molecule has 0 saturated heterocycles. The Morgan fingerprint density at radius 1 is 1.73 bits per heavy atom. The van der Waals surface area contributed by atoms with E-state index in [0.717, 1.165) is 9.26 Å². The number of aromatic carboxylic acids is 1. The van der Waals surface area contributed by atoms with Gasteiger partial charge in [0.05, 0.1) is 5.56 Å². The molecular weight excluding hydrogens is 257 g/mol. The highest BCUT2D eigenvalue weighted by atomic mass is 127. The molecule has 3 nitrogen and oxygen atoms in total. The first kappa shape index (κ1) is 8.45. The topological polar surface area (TPSA) is 50.2 Å². The van der Waals surface area contributed by atoms with Crippen molar-refractivity contribution in [1.29, 1.82) is 0 Å². The number of hydrogen-bond acceptors (Lipinski definition) is 2. The molecule has 0 amide bonds. The lowest BCUT2D eigenvalue weighted by atomic mass is 10.2. The van der Waals surface area contributed by atoms with E-state index < -0.39 is 5.97 Å². The summed E-state index contributed by atoms with van der Waals surface area (Å²) in [6, 6.07) is 1.50. The first-order valence-electron chi connectivity index (χ1n) is 2.97. The number of carboxylic acids is 1. The Morgan fingerprint density at radius 2 is 2.36 bits per heavy atom. The quantitative estimate of drug-likeness (QED) is 0.619. The summed E-state index contributed by atoms with van der Waals surface area (Å²) in [5, 5.41) is 8.66. The van der Waals surface area contributed by atoms with Gasteiger partial charge in [0.15, 0.2) is 0 Å². The molecule has 0 spiro atoms. The molecule has 0 aliphatic carbocycles. The molecule has 1 aromatic heterocycles. The molecule has 0 fully saturated rings. The summed E-state index contributed by atoms with van der Waals surface area (Å²) < 4.78 is 0.738. The van der Waals surface area contributed by atoms with Crippen LogP contribution < -0.4 is 0 Å². The molecule has 0 atom stereocenters. The van der Waals surface area contributed by atoms with Crippen LogP contribution in [0.1, 0.15) is 15.9 Å². The van der Waals surface area contributed by atoms with Gasteiger partial charge in [-0.1, -0.05) is 0 Å². The van der Waals surface area contributed by atoms with Crippen molar-refractivity contribution >= 4 is 28.6 Å². The average Bonchev–Trinajstić information content (AvgIpc) is 1.94. The van der Waals surface area contributed by atoms with Crippen molar-refractivity contribution in [2.45, 2.75) is 6.92 Å². The minimum Gasteiger partial charge on any atom is -0.478 e. The Hall–Kier alpha value is -0.650. The number of carbonyl (C=O) groups is 1. The molecule has 0 aromatic carbocycles. The Bertz CT molecular complexity index is 298. The lowest BCUT2D eigenvalue weighted by molar-refractivity contribution is 0.0696. The second kappa shape index (κ2) is 3.17. The minimum absolute atomic E-state index is 0.324. The average molecular weight is 263 g/mol. The molecule has 58 valence electrons. The monoisotopic (exact) mass is 263 g/mol. The first-order chi connectivity index (χ1) is 5.13. The third kappa shape index (κ3) is 1.68. The van der Waals surface area contributed by atoms with Gasteiger partial charge in [-0.05, 0) is 41.1 Å². The Kier molecular flexibility index (Phi) is 2.43. The standard InChI is InChI=1S/C7H6INO2/c1-4-5(7(10)11)2-3-9-6(4)8/h2-3H,1H3,(H,10,11). The van der Waals surface area contributed by atoms with Crippen LogP contribution in [0, 0.1) is 10.6 Å². The zero-order chi connectivity index (χ0) is 8.43. The highest BCUT2D eigenvalue weighted by molar-refractivity contribution is 14.1. The highest BCUT2D eigenvalue weighted by Gasteiger charge is 2.08. The van der Waals surface area contributed by atoms with Gasteiger partial charge in [-0.3, -0.25) is 4.98 Å². The SMILES string of the molecule is Cc1c(C(=O)O)ccnc1I. The van der Waals surface area contributed by atoms with Gasteiger partial charge in [0.25, 0.3) is 0 Å². The van der Waals surface area contributed by atoms with E-state index in [1.807, 2.05) is 22.6 Å². The molecule has 1 aromatic rings. The fraction of sp³-hybridized carbons (Fsp3) is 0.143. The van der Waals surface area contributed by atoms with Gasteiger partial charge in [-0.2, -0.15) is 0 Å². The number of rotatable bonds is 1. The predicted octanol–water partition coefficient (Wildman–Crippen LogP) is 1.69. The molecule has 1 heterocycles. The molecule has 1 rings (SSSR count). The van der Waals surface area contributed by atoms with Gasteiger partial charge in [0.2, 0.25) is 0 Å². The molecule has 0 aliphatic rings. The van der Waals surface area contributed by atoms with Crippen LogP contribution in [0.2, 0.25) is 0 Å². The molecule has 11 heavy (non-hydrogen) atoms. The van der Waals surface area contributed by atoms with Crippen molar-refractivity contribution < 1.29 is 9.90 Å². The summed E-state index contributed by atoms with van der Waals surface area (Å²) in [5.41, 5.74) is 1.05. The predicted molar refractivity (Wildman–Crippen MR) is 48.7 cm³/mol. The van der Waals surface area contributed by atoms with Crippen LogP contribution in [0.3, 0.4) is 0 Å². The van der Waals surface area contributed by atoms with Crippen molar-refractivity contribution in [3.05, 3.63) is 27.1 Å². The maximum absolute atomic E-state index is 10.5. The van der Waals surface area contributed by atoms with E-state index in [-0.39, 0.29) is 0 Å². The van der Waals surface area contributed by atoms with Crippen LogP contribution in [-0.4, -0.2) is 16.1 Å². The van der Waals surface area contributed by atoms with Gasteiger partial charge in [0, 0.05) is 6.20 Å². The molecule has 0 radical (unpaired) electrons. The van der Waals surface area contributed by atoms with E-state index in [1.165, 1.54) is 12.3 Å². The van der Waals surface area contributed by atoms with E-state index in [9.17, 15) is 4.79 Å². The summed E-state index contributed by atoms with van der Waals surface area (Å²) in [4.78, 5) is 14.5. The van der Waals surface area contributed by atoms with Crippen molar-refractivity contribution in [3.8, 4) is 0 Å². The Labute approximate surface area is 77.6 Å². The lowest BCUT2D eigenvalue weighted by Crippen LogP contribution is -2.01. The van der Waals surface area contributed by atoms with Crippen molar-refractivity contribution in [2.24, 2.45) is 0 Å². The van der Waals surface area contributed by atoms with E-state index in [1.54, 1.807) is 6.92 Å². The number of nitrogens with zero attached hydrogens (tertiary/aromatic N) is 1. The van der Waals surface area contributed by atoms with Crippen LogP contribution in [0.15, 0.2) is 12.3 Å². The van der Waals surface area contributed by atoms with Crippen molar-refractivity contribution in [3.63, 3.8) is 0 Å². The lowest BCUT2D eigenvalue weighted by Gasteiger charge is -1.99. The molecule has 0 unspecified atom stereocenters. The summed E-state index contributed by atoms with van der Waals surface area (Å²) in [7, 11) is 0. The third-order valence-corrected chi connectivity index (χ3v) is 2.46. The largest absolute Gasteiger partial charge is 0.478 e. The van der Waals surface area contributed by atoms with E-state index in [4.69, 9.17) is 5.11 Å². The van der Waals surface area contributed by atoms with Crippen LogP contribution in [0.4, 0.5) is 0 Å². The fourth-order valence-electron chi connectivity index (χ4n) is 0.742. The summed E-state index contributed by atoms with van der Waals surface area (Å²) in [6.07, 6.45) is 1.50. The van der Waals surface area contributed by atoms with E-state index >= 15 is 0 Å². The molecule has 0 bridgehead atoms. The number of pyridine rings is 1. The third-order valence-electron chi connectivity index (χ3n) is 1.37. The smallest absolute Gasteiger partial charge is 0.336 e. The van der Waals surface area contributed by atoms with Gasteiger partial charge < -0.3 is 5.11 Å². The fourth-order valence-corrected chi connectivity index (χ4v) is 1.19. The highest BCUT2D eigenvalue weighted by Crippen LogP contribution is 2.12. The van der Waals surface area contributed by atoms with E-state index in [2.05, 4.69) is 4.98 Å². The second-order valence-corrected chi connectivity index (χ2v) is 3.10. The molecule has 4 heteroatoms. The molecule has 1 N–H and O–H groups in total. The van der Waals surface area contributed by atoms with Crippen molar-refractivity contribution in [2.75, 3.05) is 0 Å². The molecule has 0 saturated carbocycles. The summed E-state index contributed by atoms with van der Waals surface area (Å²) in [6.45, 7) is 1.75. The normalized spacial score (nSPS) is 9.64. The number of aromatic nitrogens is 1. The molecular formula is C7H6INO2.